The van der Waals surface area contributed by atoms with E-state index in [1.165, 1.54) is 51.4 Å². The summed E-state index contributed by atoms with van der Waals surface area (Å²) in [6, 6.07) is 10.0. The van der Waals surface area contributed by atoms with Gasteiger partial charge >= 0.3 is 0 Å². The third-order valence-electron chi connectivity index (χ3n) is 11.8. The van der Waals surface area contributed by atoms with Gasteiger partial charge in [0, 0.05) is 0 Å². The van der Waals surface area contributed by atoms with E-state index in [9.17, 15) is 10.4 Å². The Hall–Kier alpha value is -2.11. The highest BCUT2D eigenvalue weighted by Crippen LogP contribution is 2.67. The predicted molar refractivity (Wildman–Crippen MR) is 163 cm³/mol. The van der Waals surface area contributed by atoms with Gasteiger partial charge in [-0.05, 0) is 113 Å². The molecule has 5 rings (SSSR count). The van der Waals surface area contributed by atoms with Crippen LogP contribution in [0.15, 0.2) is 52.6 Å². The van der Waals surface area contributed by atoms with Crippen LogP contribution in [0.3, 0.4) is 0 Å². The van der Waals surface area contributed by atoms with Gasteiger partial charge in [-0.25, -0.2) is 0 Å². The number of nitriles is 1. The molecule has 2 nitrogen and oxygen atoms in total. The fraction of sp³-hybridized carbons (Fsp3) is 0.649. The Morgan fingerprint density at radius 1 is 1.03 bits per heavy atom. The van der Waals surface area contributed by atoms with E-state index in [1.54, 1.807) is 16.7 Å². The molecule has 39 heavy (non-hydrogen) atoms. The number of aliphatic hydroxyl groups is 1. The first-order valence-electron chi connectivity index (χ1n) is 15.7. The monoisotopic (exact) mass is 525 g/mol. The third-order valence-corrected chi connectivity index (χ3v) is 11.8. The molecule has 210 valence electrons. The molecular weight excluding hydrogens is 474 g/mol. The zero-order valence-electron chi connectivity index (χ0n) is 25.6. The van der Waals surface area contributed by atoms with Crippen molar-refractivity contribution in [1.29, 1.82) is 5.26 Å². The number of benzene rings is 1. The van der Waals surface area contributed by atoms with Gasteiger partial charge in [0.15, 0.2) is 0 Å². The third kappa shape index (κ3) is 4.78. The Morgan fingerprint density at radius 3 is 2.41 bits per heavy atom. The van der Waals surface area contributed by atoms with Gasteiger partial charge in [-0.3, -0.25) is 0 Å². The van der Waals surface area contributed by atoms with E-state index in [1.807, 2.05) is 24.3 Å². The highest BCUT2D eigenvalue weighted by atomic mass is 16.3. The Morgan fingerprint density at radius 2 is 1.74 bits per heavy atom. The fourth-order valence-corrected chi connectivity index (χ4v) is 9.68. The van der Waals surface area contributed by atoms with Crippen molar-refractivity contribution in [3.05, 3.63) is 63.8 Å². The Labute approximate surface area is 238 Å². The van der Waals surface area contributed by atoms with Crippen LogP contribution in [0, 0.1) is 51.2 Å². The largest absolute Gasteiger partial charge is 0.388 e. The van der Waals surface area contributed by atoms with E-state index >= 15 is 0 Å². The molecule has 0 heterocycles. The van der Waals surface area contributed by atoms with E-state index < -0.39 is 6.10 Å². The quantitative estimate of drug-likeness (QED) is 0.402. The number of hydrogen-bond donors (Lipinski definition) is 1. The maximum Gasteiger partial charge on any atom is 0.0991 e. The molecule has 0 saturated heterocycles. The summed E-state index contributed by atoms with van der Waals surface area (Å²) in [5.74, 6) is 2.84. The Kier molecular flexibility index (Phi) is 7.56. The van der Waals surface area contributed by atoms with Gasteiger partial charge in [-0.15, -0.1) is 0 Å². The summed E-state index contributed by atoms with van der Waals surface area (Å²) in [5, 5.41) is 20.9. The first-order chi connectivity index (χ1) is 18.4. The van der Waals surface area contributed by atoms with Gasteiger partial charge in [0.2, 0.25) is 0 Å². The van der Waals surface area contributed by atoms with Crippen LogP contribution in [0.2, 0.25) is 0 Å². The van der Waals surface area contributed by atoms with Crippen molar-refractivity contribution < 1.29 is 5.11 Å². The van der Waals surface area contributed by atoms with Crippen LogP contribution in [-0.2, 0) is 0 Å². The molecule has 6 atom stereocenters. The van der Waals surface area contributed by atoms with Crippen molar-refractivity contribution in [2.75, 3.05) is 0 Å². The van der Waals surface area contributed by atoms with Crippen LogP contribution in [0.5, 0.6) is 0 Å². The van der Waals surface area contributed by atoms with Gasteiger partial charge in [0.25, 0.3) is 0 Å². The van der Waals surface area contributed by atoms with Gasteiger partial charge in [-0.1, -0.05) is 97.6 Å². The molecule has 0 unspecified atom stereocenters. The molecule has 0 aromatic heterocycles. The minimum absolute atomic E-state index is 0.0812. The van der Waals surface area contributed by atoms with Crippen LogP contribution >= 0.6 is 0 Å². The molecule has 4 aliphatic carbocycles. The molecule has 4 aliphatic rings. The molecule has 0 aliphatic heterocycles. The standard InChI is InChI=1S/C37H51NO/c1-24(2)9-8-10-25(3)30-16-17-31-29-15-18-33-35(4,5)34(39)28(21-26-11-13-27(23-38)14-12-26)22-37(33,7)32(29)19-20-36(30,31)6/h11-14,17,21,24-25,30,33-34,39H,8-10,15-16,18-20,22H2,1-7H3/b28-21+/t25-,30-,33+,34+,36-,37-/m1/s1. The molecule has 1 fully saturated rings. The highest BCUT2D eigenvalue weighted by Gasteiger charge is 2.58. The number of allylic oxidation sites excluding steroid dienone is 4. The summed E-state index contributed by atoms with van der Waals surface area (Å²) in [7, 11) is 0. The zero-order chi connectivity index (χ0) is 28.2. The van der Waals surface area contributed by atoms with E-state index in [2.05, 4.69) is 66.7 Å². The first-order valence-corrected chi connectivity index (χ1v) is 15.7. The minimum atomic E-state index is -0.441. The lowest BCUT2D eigenvalue weighted by atomic mass is 9.45. The fourth-order valence-electron chi connectivity index (χ4n) is 9.68. The van der Waals surface area contributed by atoms with Crippen molar-refractivity contribution in [1.82, 2.24) is 0 Å². The van der Waals surface area contributed by atoms with E-state index in [0.29, 0.717) is 16.9 Å². The predicted octanol–water partition coefficient (Wildman–Crippen LogP) is 9.65. The van der Waals surface area contributed by atoms with Gasteiger partial charge in [0.1, 0.15) is 0 Å². The van der Waals surface area contributed by atoms with Gasteiger partial charge in [-0.2, -0.15) is 5.26 Å². The summed E-state index contributed by atoms with van der Waals surface area (Å²) in [6.07, 6.45) is 15.5. The Bertz CT molecular complexity index is 1220. The van der Waals surface area contributed by atoms with E-state index in [4.69, 9.17) is 0 Å². The average Bonchev–Trinajstić information content (AvgIpc) is 3.24. The summed E-state index contributed by atoms with van der Waals surface area (Å²) in [4.78, 5) is 0. The van der Waals surface area contributed by atoms with Crippen molar-refractivity contribution in [2.45, 2.75) is 112 Å². The Balaban J connectivity index is 1.46. The van der Waals surface area contributed by atoms with E-state index in [-0.39, 0.29) is 10.8 Å². The number of hydrogen-bond acceptors (Lipinski definition) is 2. The van der Waals surface area contributed by atoms with Crippen LogP contribution in [0.1, 0.15) is 117 Å². The van der Waals surface area contributed by atoms with Crippen LogP contribution in [0.4, 0.5) is 0 Å². The maximum atomic E-state index is 11.7. The molecule has 1 aromatic rings. The second kappa shape index (κ2) is 10.4. The molecule has 0 radical (unpaired) electrons. The average molecular weight is 526 g/mol. The lowest BCUT2D eigenvalue weighted by Crippen LogP contribution is -2.54. The molecule has 1 aromatic carbocycles. The normalized spacial score (nSPS) is 35.2. The van der Waals surface area contributed by atoms with Crippen LogP contribution in [-0.4, -0.2) is 11.2 Å². The van der Waals surface area contributed by atoms with Gasteiger partial charge < -0.3 is 5.11 Å². The summed E-state index contributed by atoms with van der Waals surface area (Å²) >= 11 is 0. The number of aliphatic hydroxyl groups excluding tert-OH is 1. The topological polar surface area (TPSA) is 44.0 Å². The van der Waals surface area contributed by atoms with E-state index in [0.717, 1.165) is 35.3 Å². The zero-order valence-corrected chi connectivity index (χ0v) is 25.6. The number of fused-ring (bicyclic) bond motifs is 4. The second-order valence-corrected chi connectivity index (χ2v) is 15.0. The minimum Gasteiger partial charge on any atom is -0.388 e. The summed E-state index contributed by atoms with van der Waals surface area (Å²) < 4.78 is 0. The molecule has 1 N–H and O–H groups in total. The molecule has 0 bridgehead atoms. The second-order valence-electron chi connectivity index (χ2n) is 15.0. The first kappa shape index (κ1) is 28.4. The van der Waals surface area contributed by atoms with Crippen molar-refractivity contribution in [2.24, 2.45) is 39.9 Å². The maximum absolute atomic E-state index is 11.7. The van der Waals surface area contributed by atoms with Crippen molar-refractivity contribution >= 4 is 6.08 Å². The number of rotatable bonds is 6. The smallest absolute Gasteiger partial charge is 0.0991 e. The SMILES string of the molecule is CC(C)CCC[C@@H](C)[C@H]1CC=C2C3=C(CC[C@@]21C)[C@@]1(C)C/C(=C\c2ccc(C#N)cc2)[C@H](O)C(C)(C)[C@@H]1CC3. The molecular formula is C37H51NO. The number of nitrogens with zero attached hydrogens (tertiary/aromatic N) is 1. The van der Waals surface area contributed by atoms with Crippen LogP contribution in [0.25, 0.3) is 6.08 Å². The van der Waals surface area contributed by atoms with Gasteiger partial charge in [0.05, 0.1) is 17.7 Å². The molecule has 0 spiro atoms. The highest BCUT2D eigenvalue weighted by molar-refractivity contribution is 5.58. The van der Waals surface area contributed by atoms with Crippen molar-refractivity contribution in [3.63, 3.8) is 0 Å². The van der Waals surface area contributed by atoms with Crippen LogP contribution < -0.4 is 0 Å². The summed E-state index contributed by atoms with van der Waals surface area (Å²) in [5.41, 5.74) is 8.25. The lowest BCUT2D eigenvalue weighted by Gasteiger charge is -2.60. The summed E-state index contributed by atoms with van der Waals surface area (Å²) in [6.45, 7) is 17.0. The molecule has 0 amide bonds. The van der Waals surface area contributed by atoms with Crippen molar-refractivity contribution in [3.8, 4) is 6.07 Å². The lowest BCUT2D eigenvalue weighted by molar-refractivity contribution is -0.0568. The molecule has 2 heteroatoms. The molecule has 1 saturated carbocycles.